The van der Waals surface area contributed by atoms with E-state index in [1.807, 2.05) is 70.6 Å². The van der Waals surface area contributed by atoms with Crippen molar-refractivity contribution in [2.24, 2.45) is 0 Å². The normalized spacial score (nSPS) is 15.8. The fraction of sp³-hybridized carbons (Fsp3) is 0.600. The molecule has 0 rings (SSSR count). The van der Waals surface area contributed by atoms with Crippen molar-refractivity contribution >= 4 is 19.8 Å². The quantitative estimate of drug-likeness (QED) is 0.0406. The van der Waals surface area contributed by atoms with Gasteiger partial charge in [0, 0.05) is 13.3 Å². The molecule has 0 aliphatic carbocycles. The highest BCUT2D eigenvalue weighted by molar-refractivity contribution is 7.47. The molecule has 10 nitrogen and oxygen atoms in total. The van der Waals surface area contributed by atoms with Crippen molar-refractivity contribution in [3.8, 4) is 0 Å². The summed E-state index contributed by atoms with van der Waals surface area (Å²) in [4.78, 5) is 33.3. The van der Waals surface area contributed by atoms with Gasteiger partial charge in [0.2, 0.25) is 0 Å². The molecule has 0 aliphatic rings. The van der Waals surface area contributed by atoms with Crippen LogP contribution in [0.1, 0.15) is 58.8 Å². The lowest BCUT2D eigenvalue weighted by atomic mass is 10.2. The van der Waals surface area contributed by atoms with Crippen molar-refractivity contribution in [1.29, 1.82) is 0 Å². The van der Waals surface area contributed by atoms with Crippen LogP contribution in [0.25, 0.3) is 0 Å². The number of ether oxygens (including phenoxy) is 2. The van der Waals surface area contributed by atoms with Gasteiger partial charge in [0.05, 0.1) is 33.9 Å². The number of hydrogen-bond acceptors (Lipinski definition) is 8. The van der Waals surface area contributed by atoms with Crippen molar-refractivity contribution in [3.05, 3.63) is 60.8 Å². The molecule has 0 amide bonds. The number of aliphatic hydroxyl groups excluding tert-OH is 1. The van der Waals surface area contributed by atoms with E-state index in [-0.39, 0.29) is 19.6 Å². The van der Waals surface area contributed by atoms with Crippen molar-refractivity contribution in [1.82, 2.24) is 0 Å². The molecule has 2 N–H and O–H groups in total. The first-order valence-electron chi connectivity index (χ1n) is 14.1. The van der Waals surface area contributed by atoms with Crippen LogP contribution in [0.3, 0.4) is 0 Å². The third-order valence-electron chi connectivity index (χ3n) is 5.19. The molecule has 0 bridgehead atoms. The second kappa shape index (κ2) is 23.3. The summed E-state index contributed by atoms with van der Waals surface area (Å²) < 4.78 is 32.8. The topological polar surface area (TPSA) is 129 Å². The van der Waals surface area contributed by atoms with Crippen LogP contribution >= 0.6 is 7.82 Å². The van der Waals surface area contributed by atoms with Crippen LogP contribution in [0.2, 0.25) is 0 Å². The van der Waals surface area contributed by atoms with Crippen LogP contribution < -0.4 is 0 Å². The van der Waals surface area contributed by atoms with E-state index in [4.69, 9.17) is 18.5 Å². The molecule has 0 radical (unpaired) electrons. The first-order chi connectivity index (χ1) is 19.3. The third-order valence-corrected chi connectivity index (χ3v) is 6.18. The van der Waals surface area contributed by atoms with Crippen molar-refractivity contribution in [3.63, 3.8) is 0 Å². The molecule has 0 saturated heterocycles. The van der Waals surface area contributed by atoms with Gasteiger partial charge >= 0.3 is 19.8 Å². The van der Waals surface area contributed by atoms with Gasteiger partial charge in [-0.15, -0.1) is 0 Å². The summed E-state index contributed by atoms with van der Waals surface area (Å²) >= 11 is 0. The van der Waals surface area contributed by atoms with Gasteiger partial charge in [-0.2, -0.15) is 0 Å². The third kappa shape index (κ3) is 27.6. The minimum absolute atomic E-state index is 0.00764. The fourth-order valence-corrected chi connectivity index (χ4v) is 3.71. The summed E-state index contributed by atoms with van der Waals surface area (Å²) in [5, 5.41) is 9.70. The summed E-state index contributed by atoms with van der Waals surface area (Å²) in [5.41, 5.74) is 0. The minimum atomic E-state index is -4.35. The molecule has 0 spiro atoms. The molecule has 0 heterocycles. The van der Waals surface area contributed by atoms with Crippen molar-refractivity contribution in [2.45, 2.75) is 71.0 Å². The Morgan fingerprint density at radius 2 is 1.59 bits per heavy atom. The van der Waals surface area contributed by atoms with Crippen LogP contribution in [0.4, 0.5) is 0 Å². The number of phosphoric ester groups is 1. The second-order valence-electron chi connectivity index (χ2n) is 10.3. The Kier molecular flexibility index (Phi) is 21.9. The number of rotatable bonds is 23. The molecular weight excluding hydrogens is 549 g/mol. The maximum atomic E-state index is 12.2. The molecule has 0 aliphatic heterocycles. The van der Waals surface area contributed by atoms with Gasteiger partial charge in [-0.05, 0) is 38.5 Å². The molecule has 0 aromatic carbocycles. The lowest BCUT2D eigenvalue weighted by molar-refractivity contribution is -0.870. The van der Waals surface area contributed by atoms with E-state index in [2.05, 4.69) is 12.2 Å². The predicted molar refractivity (Wildman–Crippen MR) is 161 cm³/mol. The number of phosphoric acid groups is 1. The number of likely N-dealkylation sites (N-methyl/N-ethyl adjacent to an activating group) is 1. The number of unbranched alkanes of at least 4 members (excludes halogenated alkanes) is 1. The molecule has 3 atom stereocenters. The number of carbonyl (C=O) groups excluding carboxylic acids is 2. The maximum Gasteiger partial charge on any atom is 0.472 e. The highest BCUT2D eigenvalue weighted by Gasteiger charge is 2.26. The van der Waals surface area contributed by atoms with E-state index in [0.717, 1.165) is 19.3 Å². The SMILES string of the molecule is CC/C=C\C(O)C/C=C/C=C\C/C=C\C/C=C\CCCC(=O)O[C@H](COC(C)=O)COP(=O)(O)OCC[N+](C)(C)C. The van der Waals surface area contributed by atoms with Crippen LogP contribution in [-0.4, -0.2) is 86.1 Å². The van der Waals surface area contributed by atoms with E-state index in [9.17, 15) is 24.2 Å². The zero-order valence-corrected chi connectivity index (χ0v) is 26.2. The molecule has 11 heteroatoms. The Hall–Kier alpha value is -2.33. The predicted octanol–water partition coefficient (Wildman–Crippen LogP) is 5.19. The van der Waals surface area contributed by atoms with Gasteiger partial charge in [0.15, 0.2) is 6.10 Å². The van der Waals surface area contributed by atoms with Gasteiger partial charge < -0.3 is 24.0 Å². The van der Waals surface area contributed by atoms with Crippen LogP contribution in [-0.2, 0) is 32.7 Å². The number of hydrogen-bond donors (Lipinski definition) is 2. The Morgan fingerprint density at radius 1 is 0.927 bits per heavy atom. The molecule has 0 aromatic rings. The first-order valence-corrected chi connectivity index (χ1v) is 15.6. The van der Waals surface area contributed by atoms with Gasteiger partial charge in [-0.3, -0.25) is 18.6 Å². The van der Waals surface area contributed by atoms with Gasteiger partial charge in [-0.1, -0.05) is 67.7 Å². The Morgan fingerprint density at radius 3 is 2.24 bits per heavy atom. The molecule has 2 unspecified atom stereocenters. The zero-order chi connectivity index (χ0) is 31.0. The van der Waals surface area contributed by atoms with E-state index in [1.54, 1.807) is 6.08 Å². The number of nitrogens with zero attached hydrogens (tertiary/aromatic N) is 1. The fourth-order valence-electron chi connectivity index (χ4n) is 2.97. The number of carbonyl (C=O) groups is 2. The zero-order valence-electron chi connectivity index (χ0n) is 25.4. The monoisotopic (exact) mass is 600 g/mol. The smallest absolute Gasteiger partial charge is 0.462 e. The lowest BCUT2D eigenvalue weighted by Crippen LogP contribution is -2.37. The largest absolute Gasteiger partial charge is 0.472 e. The molecule has 0 aromatic heterocycles. The summed E-state index contributed by atoms with van der Waals surface area (Å²) in [6.45, 7) is 3.00. The molecule has 41 heavy (non-hydrogen) atoms. The maximum absolute atomic E-state index is 12.2. The van der Waals surface area contributed by atoms with Gasteiger partial charge in [-0.25, -0.2) is 4.57 Å². The highest BCUT2D eigenvalue weighted by atomic mass is 31.2. The van der Waals surface area contributed by atoms with E-state index >= 15 is 0 Å². The van der Waals surface area contributed by atoms with Gasteiger partial charge in [0.25, 0.3) is 0 Å². The number of allylic oxidation sites excluding steroid dienone is 8. The molecule has 234 valence electrons. The number of esters is 2. The summed E-state index contributed by atoms with van der Waals surface area (Å²) in [5.74, 6) is -1.10. The van der Waals surface area contributed by atoms with Gasteiger partial charge in [0.1, 0.15) is 19.8 Å². The average molecular weight is 601 g/mol. The van der Waals surface area contributed by atoms with E-state index in [0.29, 0.717) is 30.3 Å². The average Bonchev–Trinajstić information content (AvgIpc) is 2.88. The highest BCUT2D eigenvalue weighted by Crippen LogP contribution is 2.43. The van der Waals surface area contributed by atoms with Crippen molar-refractivity contribution < 1.29 is 47.2 Å². The second-order valence-corrected chi connectivity index (χ2v) is 11.8. The van der Waals surface area contributed by atoms with E-state index in [1.165, 1.54) is 6.92 Å². The Balaban J connectivity index is 4.27. The summed E-state index contributed by atoms with van der Waals surface area (Å²) in [6, 6.07) is 0. The summed E-state index contributed by atoms with van der Waals surface area (Å²) in [6.07, 6.45) is 22.8. The number of aliphatic hydroxyl groups is 1. The van der Waals surface area contributed by atoms with Crippen molar-refractivity contribution in [2.75, 3.05) is 47.5 Å². The Bertz CT molecular complexity index is 919. The van der Waals surface area contributed by atoms with E-state index < -0.39 is 38.6 Å². The Labute approximate surface area is 246 Å². The molecular formula is C30H51NO9P+. The van der Waals surface area contributed by atoms with Crippen LogP contribution in [0.5, 0.6) is 0 Å². The summed E-state index contributed by atoms with van der Waals surface area (Å²) in [7, 11) is 1.39. The van der Waals surface area contributed by atoms with Crippen LogP contribution in [0, 0.1) is 0 Å². The molecule has 0 fully saturated rings. The first kappa shape index (κ1) is 38.7. The number of quaternary nitrogens is 1. The lowest BCUT2D eigenvalue weighted by Gasteiger charge is -2.24. The minimum Gasteiger partial charge on any atom is -0.462 e. The van der Waals surface area contributed by atoms with Crippen LogP contribution in [0.15, 0.2) is 60.8 Å². The molecule has 0 saturated carbocycles. The standard InChI is InChI=1S/C30H50NO9P/c1-6-7-20-28(33)21-18-16-14-12-10-8-9-11-13-15-17-19-22-30(34)40-29(25-37-27(2)32)26-39-41(35,36)38-24-23-31(3,4)5/h7-9,12-16,18,20,28-29,33H,6,10-11,17,19,21-26H2,1-5H3/p+1/b9-8-,14-12-,15-13-,18-16+,20-7-/t28?,29-/m1/s1.